The average Bonchev–Trinajstić information content (AvgIpc) is 3.41. The highest BCUT2D eigenvalue weighted by atomic mass is 16.6. The number of anilines is 1. The van der Waals surface area contributed by atoms with Crippen molar-refractivity contribution in [2.24, 2.45) is 5.92 Å². The second kappa shape index (κ2) is 13.3. The Kier molecular flexibility index (Phi) is 9.12. The van der Waals surface area contributed by atoms with Crippen LogP contribution >= 0.6 is 0 Å². The normalized spacial score (nSPS) is 16.0. The summed E-state index contributed by atoms with van der Waals surface area (Å²) in [6, 6.07) is 37.5. The lowest BCUT2D eigenvalue weighted by atomic mass is 9.80. The number of carbonyl (C=O) groups excluding carboxylic acids is 3. The second-order valence-electron chi connectivity index (χ2n) is 10.7. The first kappa shape index (κ1) is 28.8. The first-order chi connectivity index (χ1) is 20.5. The van der Waals surface area contributed by atoms with Crippen molar-refractivity contribution in [2.75, 3.05) is 11.5 Å². The summed E-state index contributed by atoms with van der Waals surface area (Å²) < 4.78 is 5.31. The molecule has 0 radical (unpaired) electrons. The molecule has 1 saturated heterocycles. The van der Waals surface area contributed by atoms with Gasteiger partial charge < -0.3 is 9.64 Å². The van der Waals surface area contributed by atoms with Crippen LogP contribution in [0.15, 0.2) is 115 Å². The molecule has 214 valence electrons. The molecule has 1 unspecified atom stereocenters. The largest absolute Gasteiger partial charge is 0.446 e. The van der Waals surface area contributed by atoms with Gasteiger partial charge in [-0.25, -0.2) is 9.69 Å². The van der Waals surface area contributed by atoms with Crippen LogP contribution in [0.5, 0.6) is 0 Å². The van der Waals surface area contributed by atoms with Gasteiger partial charge in [-0.1, -0.05) is 110 Å². The minimum Gasteiger partial charge on any atom is -0.446 e. The lowest BCUT2D eigenvalue weighted by molar-refractivity contribution is -0.140. The highest BCUT2D eigenvalue weighted by Gasteiger charge is 2.45. The van der Waals surface area contributed by atoms with Crippen molar-refractivity contribution in [3.63, 3.8) is 0 Å². The van der Waals surface area contributed by atoms with Gasteiger partial charge in [0.2, 0.25) is 5.91 Å². The third-order valence-corrected chi connectivity index (χ3v) is 7.94. The molecule has 6 nitrogen and oxygen atoms in total. The molecule has 0 bridgehead atoms. The quantitative estimate of drug-likeness (QED) is 0.180. The second-order valence-corrected chi connectivity index (χ2v) is 10.7. The van der Waals surface area contributed by atoms with Gasteiger partial charge in [0.1, 0.15) is 24.3 Å². The zero-order valence-electron chi connectivity index (χ0n) is 24.1. The Morgan fingerprint density at radius 1 is 0.833 bits per heavy atom. The number of Topliss-reactive ketones (excluding diaryl/α,β-unsaturated/α-hetero) is 1. The molecule has 4 aromatic rings. The Labute approximate surface area is 247 Å². The summed E-state index contributed by atoms with van der Waals surface area (Å²) in [5.74, 6) is -2.20. The number of hydrogen-bond donors (Lipinski definition) is 0. The lowest BCUT2D eigenvalue weighted by Gasteiger charge is -2.30. The first-order valence-corrected chi connectivity index (χ1v) is 14.4. The average molecular weight is 561 g/mol. The fraction of sp³-hybridized carbons (Fsp3) is 0.250. The third-order valence-electron chi connectivity index (χ3n) is 7.94. The van der Waals surface area contributed by atoms with E-state index in [0.717, 1.165) is 21.7 Å². The smallest absolute Gasteiger partial charge is 0.417 e. The molecule has 0 saturated carbocycles. The molecule has 0 aliphatic carbocycles. The fourth-order valence-electron chi connectivity index (χ4n) is 5.83. The number of ether oxygens (including phenoxy) is 1. The third kappa shape index (κ3) is 6.44. The van der Waals surface area contributed by atoms with Gasteiger partial charge in [-0.15, -0.1) is 0 Å². The van der Waals surface area contributed by atoms with Crippen LogP contribution in [0.25, 0.3) is 0 Å². The molecule has 5 rings (SSSR count). The predicted molar refractivity (Wildman–Crippen MR) is 164 cm³/mol. The van der Waals surface area contributed by atoms with E-state index in [9.17, 15) is 14.4 Å². The van der Waals surface area contributed by atoms with E-state index in [0.29, 0.717) is 19.5 Å². The van der Waals surface area contributed by atoms with E-state index in [2.05, 4.69) is 41.3 Å². The summed E-state index contributed by atoms with van der Waals surface area (Å²) in [5.41, 5.74) is 5.05. The Balaban J connectivity index is 1.47. The summed E-state index contributed by atoms with van der Waals surface area (Å²) in [6.45, 7) is 4.88. The Morgan fingerprint density at radius 3 is 1.95 bits per heavy atom. The van der Waals surface area contributed by atoms with E-state index in [1.165, 1.54) is 18.1 Å². The number of imide groups is 1. The molecule has 1 heterocycles. The van der Waals surface area contributed by atoms with Gasteiger partial charge >= 0.3 is 6.09 Å². The number of nitrogens with zero attached hydrogens (tertiary/aromatic N) is 2. The molecule has 0 N–H and O–H groups in total. The van der Waals surface area contributed by atoms with Crippen molar-refractivity contribution >= 4 is 23.5 Å². The predicted octanol–water partition coefficient (Wildman–Crippen LogP) is 7.31. The minimum absolute atomic E-state index is 0.0689. The number of amides is 2. The van der Waals surface area contributed by atoms with E-state index in [-0.39, 0.29) is 12.4 Å². The van der Waals surface area contributed by atoms with Crippen LogP contribution in [0, 0.1) is 5.92 Å². The van der Waals surface area contributed by atoms with E-state index < -0.39 is 29.9 Å². The van der Waals surface area contributed by atoms with Crippen molar-refractivity contribution < 1.29 is 19.1 Å². The van der Waals surface area contributed by atoms with Crippen LogP contribution in [0.3, 0.4) is 0 Å². The molecular weight excluding hydrogens is 524 g/mol. The fourth-order valence-corrected chi connectivity index (χ4v) is 5.83. The van der Waals surface area contributed by atoms with Crippen LogP contribution in [-0.4, -0.2) is 29.3 Å². The molecule has 3 atom stereocenters. The minimum atomic E-state index is -1.01. The summed E-state index contributed by atoms with van der Waals surface area (Å²) in [5, 5.41) is 0. The molecule has 6 heteroatoms. The van der Waals surface area contributed by atoms with Crippen LogP contribution in [0.1, 0.15) is 54.5 Å². The zero-order chi connectivity index (χ0) is 29.5. The molecule has 0 spiro atoms. The van der Waals surface area contributed by atoms with E-state index >= 15 is 0 Å². The summed E-state index contributed by atoms with van der Waals surface area (Å²) >= 11 is 0. The standard InChI is InChI=1S/C36H36N2O4/c1-3-32(34(26(2)39)35(40)38-33(25-42-36(38)41)29-18-11-6-12-19-29)30-20-13-21-31(22-30)37(23-27-14-7-4-8-15-27)24-28-16-9-5-10-17-28/h4-22,32-34H,3,23-25H2,1-2H3/t32-,33+,34?/m1/s1. The van der Waals surface area contributed by atoms with Crippen molar-refractivity contribution in [2.45, 2.75) is 45.3 Å². The van der Waals surface area contributed by atoms with Gasteiger partial charge in [-0.3, -0.25) is 9.59 Å². The first-order valence-electron chi connectivity index (χ1n) is 14.4. The Hall–Kier alpha value is -4.71. The highest BCUT2D eigenvalue weighted by Crippen LogP contribution is 2.37. The Morgan fingerprint density at radius 2 is 1.40 bits per heavy atom. The number of ketones is 1. The van der Waals surface area contributed by atoms with Crippen molar-refractivity contribution in [1.29, 1.82) is 0 Å². The van der Waals surface area contributed by atoms with Gasteiger partial charge in [0.05, 0.1) is 0 Å². The maximum atomic E-state index is 14.0. The molecule has 1 aliphatic heterocycles. The van der Waals surface area contributed by atoms with Crippen molar-refractivity contribution in [1.82, 2.24) is 4.90 Å². The number of hydrogen-bond acceptors (Lipinski definition) is 5. The molecule has 4 aromatic carbocycles. The molecule has 1 aliphatic rings. The van der Waals surface area contributed by atoms with Gasteiger partial charge in [-0.2, -0.15) is 0 Å². The molecule has 2 amide bonds. The van der Waals surface area contributed by atoms with Crippen LogP contribution < -0.4 is 4.90 Å². The number of cyclic esters (lactones) is 1. The lowest BCUT2D eigenvalue weighted by Crippen LogP contribution is -2.43. The van der Waals surface area contributed by atoms with Gasteiger partial charge in [0.25, 0.3) is 0 Å². The number of rotatable bonds is 11. The maximum absolute atomic E-state index is 14.0. The summed E-state index contributed by atoms with van der Waals surface area (Å²) in [6.07, 6.45) is -0.156. The number of carbonyl (C=O) groups is 3. The SMILES string of the molecule is CC[C@H](c1cccc(N(Cc2ccccc2)Cc2ccccc2)c1)C(C(C)=O)C(=O)N1C(=O)OC[C@H]1c1ccccc1. The zero-order valence-corrected chi connectivity index (χ0v) is 24.1. The summed E-state index contributed by atoms with van der Waals surface area (Å²) in [7, 11) is 0. The maximum Gasteiger partial charge on any atom is 0.417 e. The monoisotopic (exact) mass is 560 g/mol. The molecule has 42 heavy (non-hydrogen) atoms. The summed E-state index contributed by atoms with van der Waals surface area (Å²) in [4.78, 5) is 43.5. The highest BCUT2D eigenvalue weighted by molar-refractivity contribution is 6.06. The van der Waals surface area contributed by atoms with Crippen LogP contribution in [-0.2, 0) is 27.4 Å². The van der Waals surface area contributed by atoms with Gasteiger partial charge in [0.15, 0.2) is 0 Å². The van der Waals surface area contributed by atoms with Crippen LogP contribution in [0.4, 0.5) is 10.5 Å². The Bertz CT molecular complexity index is 1470. The topological polar surface area (TPSA) is 66.9 Å². The van der Waals surface area contributed by atoms with Crippen LogP contribution in [0.2, 0.25) is 0 Å². The van der Waals surface area contributed by atoms with E-state index in [1.807, 2.05) is 85.8 Å². The molecular formula is C36H36N2O4. The molecule has 0 aromatic heterocycles. The van der Waals surface area contributed by atoms with Crippen molar-refractivity contribution in [3.8, 4) is 0 Å². The number of benzene rings is 4. The van der Waals surface area contributed by atoms with Crippen molar-refractivity contribution in [3.05, 3.63) is 138 Å². The van der Waals surface area contributed by atoms with E-state index in [4.69, 9.17) is 4.74 Å². The molecule has 1 fully saturated rings. The van der Waals surface area contributed by atoms with Gasteiger partial charge in [0, 0.05) is 24.7 Å². The van der Waals surface area contributed by atoms with E-state index in [1.54, 1.807) is 0 Å². The van der Waals surface area contributed by atoms with Gasteiger partial charge in [-0.05, 0) is 47.7 Å².